The SMILES string of the molecule is C[Si](C)(C)CC#Cc1ccc2ccccc2c1. The lowest BCUT2D eigenvalue weighted by Gasteiger charge is -2.09. The second kappa shape index (κ2) is 4.77. The van der Waals surface area contributed by atoms with Crippen LogP contribution < -0.4 is 0 Å². The van der Waals surface area contributed by atoms with E-state index in [-0.39, 0.29) is 0 Å². The van der Waals surface area contributed by atoms with Crippen molar-refractivity contribution in [3.63, 3.8) is 0 Å². The van der Waals surface area contributed by atoms with Crippen molar-refractivity contribution >= 4 is 18.8 Å². The van der Waals surface area contributed by atoms with E-state index in [1.165, 1.54) is 10.8 Å². The predicted molar refractivity (Wildman–Crippen MR) is 79.0 cm³/mol. The second-order valence-corrected chi connectivity index (χ2v) is 11.1. The van der Waals surface area contributed by atoms with Gasteiger partial charge in [-0.3, -0.25) is 0 Å². The Hall–Kier alpha value is -1.52. The van der Waals surface area contributed by atoms with Gasteiger partial charge in [-0.2, -0.15) is 0 Å². The van der Waals surface area contributed by atoms with Gasteiger partial charge in [0.05, 0.1) is 8.07 Å². The molecule has 2 rings (SSSR count). The maximum atomic E-state index is 3.32. The van der Waals surface area contributed by atoms with Crippen LogP contribution in [0.2, 0.25) is 25.7 Å². The molecule has 0 aliphatic heterocycles. The van der Waals surface area contributed by atoms with Crippen molar-refractivity contribution in [2.24, 2.45) is 0 Å². The standard InChI is InChI=1S/C16H18Si/c1-17(2,3)12-6-7-14-10-11-15-8-4-5-9-16(15)13-14/h4-5,8-11,13H,12H2,1-3H3. The summed E-state index contributed by atoms with van der Waals surface area (Å²) in [5.41, 5.74) is 1.13. The quantitative estimate of drug-likeness (QED) is 0.506. The highest BCUT2D eigenvalue weighted by molar-refractivity contribution is 6.76. The van der Waals surface area contributed by atoms with Gasteiger partial charge in [-0.25, -0.2) is 0 Å². The molecule has 2 aromatic rings. The Kier molecular flexibility index (Phi) is 3.35. The van der Waals surface area contributed by atoms with E-state index in [0.29, 0.717) is 0 Å². The van der Waals surface area contributed by atoms with Crippen molar-refractivity contribution < 1.29 is 0 Å². The summed E-state index contributed by atoms with van der Waals surface area (Å²) in [5.74, 6) is 6.60. The van der Waals surface area contributed by atoms with Crippen LogP contribution in [0.5, 0.6) is 0 Å². The van der Waals surface area contributed by atoms with Gasteiger partial charge in [0.1, 0.15) is 0 Å². The van der Waals surface area contributed by atoms with Crippen LogP contribution in [0, 0.1) is 11.8 Å². The second-order valence-electron chi connectivity index (χ2n) is 5.60. The summed E-state index contributed by atoms with van der Waals surface area (Å²) in [5, 5.41) is 2.55. The van der Waals surface area contributed by atoms with Crippen LogP contribution in [0.4, 0.5) is 0 Å². The largest absolute Gasteiger partial charge is 0.101 e. The number of hydrogen-bond donors (Lipinski definition) is 0. The maximum absolute atomic E-state index is 3.32. The monoisotopic (exact) mass is 238 g/mol. The third kappa shape index (κ3) is 3.47. The lowest BCUT2D eigenvalue weighted by molar-refractivity contribution is 1.56. The Balaban J connectivity index is 2.25. The van der Waals surface area contributed by atoms with Crippen LogP contribution in [-0.4, -0.2) is 8.07 Å². The molecule has 0 amide bonds. The molecule has 0 aromatic heterocycles. The Morgan fingerprint density at radius 1 is 0.941 bits per heavy atom. The average Bonchev–Trinajstić information content (AvgIpc) is 2.27. The van der Waals surface area contributed by atoms with Gasteiger partial charge >= 0.3 is 0 Å². The van der Waals surface area contributed by atoms with Gasteiger partial charge in [-0.15, -0.1) is 5.92 Å². The Bertz CT molecular complexity index is 579. The molecule has 0 nitrogen and oxygen atoms in total. The van der Waals surface area contributed by atoms with Crippen molar-refractivity contribution in [3.8, 4) is 11.8 Å². The summed E-state index contributed by atoms with van der Waals surface area (Å²) >= 11 is 0. The third-order valence-electron chi connectivity index (χ3n) is 2.60. The van der Waals surface area contributed by atoms with E-state index in [1.807, 2.05) is 0 Å². The minimum Gasteiger partial charge on any atom is -0.101 e. The Morgan fingerprint density at radius 2 is 1.65 bits per heavy atom. The van der Waals surface area contributed by atoms with Gasteiger partial charge in [0.25, 0.3) is 0 Å². The van der Waals surface area contributed by atoms with Crippen LogP contribution in [0.25, 0.3) is 10.8 Å². The molecule has 17 heavy (non-hydrogen) atoms. The molecule has 0 heterocycles. The first-order valence-corrected chi connectivity index (χ1v) is 9.73. The fraction of sp³-hybridized carbons (Fsp3) is 0.250. The first kappa shape index (κ1) is 11.9. The highest BCUT2D eigenvalue weighted by Gasteiger charge is 2.09. The van der Waals surface area contributed by atoms with Gasteiger partial charge in [-0.05, 0) is 22.9 Å². The van der Waals surface area contributed by atoms with E-state index in [1.54, 1.807) is 0 Å². The fourth-order valence-electron chi connectivity index (χ4n) is 1.68. The molecule has 1 heteroatoms. The molecule has 0 N–H and O–H groups in total. The summed E-state index contributed by atoms with van der Waals surface area (Å²) < 4.78 is 0. The van der Waals surface area contributed by atoms with Gasteiger partial charge in [0.2, 0.25) is 0 Å². The number of fused-ring (bicyclic) bond motifs is 1. The minimum absolute atomic E-state index is 1.04. The normalized spacial score (nSPS) is 11.0. The molecule has 2 aromatic carbocycles. The number of hydrogen-bond acceptors (Lipinski definition) is 0. The van der Waals surface area contributed by atoms with Crippen molar-refractivity contribution in [1.29, 1.82) is 0 Å². The van der Waals surface area contributed by atoms with Crippen molar-refractivity contribution in [2.45, 2.75) is 25.7 Å². The van der Waals surface area contributed by atoms with Crippen LogP contribution in [0.3, 0.4) is 0 Å². The minimum atomic E-state index is -1.04. The van der Waals surface area contributed by atoms with E-state index < -0.39 is 8.07 Å². The molecule has 0 fully saturated rings. The van der Waals surface area contributed by atoms with Gasteiger partial charge in [-0.1, -0.05) is 55.9 Å². The summed E-state index contributed by atoms with van der Waals surface area (Å²) in [4.78, 5) is 0. The lowest BCUT2D eigenvalue weighted by Crippen LogP contribution is -2.17. The third-order valence-corrected chi connectivity index (χ3v) is 3.84. The van der Waals surface area contributed by atoms with E-state index in [2.05, 4.69) is 73.9 Å². The molecule has 0 bridgehead atoms. The number of rotatable bonds is 1. The smallest absolute Gasteiger partial charge is 0.0573 e. The van der Waals surface area contributed by atoms with Crippen LogP contribution in [-0.2, 0) is 0 Å². The van der Waals surface area contributed by atoms with E-state index in [4.69, 9.17) is 0 Å². The molecule has 0 radical (unpaired) electrons. The highest BCUT2D eigenvalue weighted by atomic mass is 28.3. The zero-order valence-electron chi connectivity index (χ0n) is 10.7. The molecule has 0 spiro atoms. The average molecular weight is 238 g/mol. The molecular weight excluding hydrogens is 220 g/mol. The number of benzene rings is 2. The van der Waals surface area contributed by atoms with E-state index in [0.717, 1.165) is 11.6 Å². The summed E-state index contributed by atoms with van der Waals surface area (Å²) in [6.45, 7) is 7.05. The first-order valence-electron chi connectivity index (χ1n) is 6.02. The zero-order chi connectivity index (χ0) is 12.3. The van der Waals surface area contributed by atoms with Crippen LogP contribution in [0.15, 0.2) is 42.5 Å². The van der Waals surface area contributed by atoms with Gasteiger partial charge < -0.3 is 0 Å². The maximum Gasteiger partial charge on any atom is 0.0573 e. The van der Waals surface area contributed by atoms with Gasteiger partial charge in [0.15, 0.2) is 0 Å². The van der Waals surface area contributed by atoms with Gasteiger partial charge in [0, 0.05) is 11.6 Å². The predicted octanol–water partition coefficient (Wildman–Crippen LogP) is 4.53. The van der Waals surface area contributed by atoms with Crippen LogP contribution >= 0.6 is 0 Å². The fourth-order valence-corrected chi connectivity index (χ4v) is 2.30. The van der Waals surface area contributed by atoms with Crippen molar-refractivity contribution in [1.82, 2.24) is 0 Å². The highest BCUT2D eigenvalue weighted by Crippen LogP contribution is 2.15. The topological polar surface area (TPSA) is 0 Å². The summed E-state index contributed by atoms with van der Waals surface area (Å²) in [6.07, 6.45) is 0. The van der Waals surface area contributed by atoms with Crippen molar-refractivity contribution in [3.05, 3.63) is 48.0 Å². The molecule has 0 aliphatic carbocycles. The zero-order valence-corrected chi connectivity index (χ0v) is 11.7. The first-order chi connectivity index (χ1) is 8.04. The molecule has 0 aliphatic rings. The molecular formula is C16H18Si. The molecule has 86 valence electrons. The lowest BCUT2D eigenvalue weighted by atomic mass is 10.1. The Labute approximate surface area is 105 Å². The summed E-state index contributed by atoms with van der Waals surface area (Å²) in [6, 6.07) is 15.9. The van der Waals surface area contributed by atoms with Crippen molar-refractivity contribution in [2.75, 3.05) is 0 Å². The van der Waals surface area contributed by atoms with E-state index in [9.17, 15) is 0 Å². The molecule has 0 saturated heterocycles. The van der Waals surface area contributed by atoms with Crippen LogP contribution in [0.1, 0.15) is 5.56 Å². The molecule has 0 atom stereocenters. The van der Waals surface area contributed by atoms with E-state index >= 15 is 0 Å². The summed E-state index contributed by atoms with van der Waals surface area (Å²) in [7, 11) is -1.04. The Morgan fingerprint density at radius 3 is 2.35 bits per heavy atom. The molecule has 0 unspecified atom stereocenters. The molecule has 0 saturated carbocycles.